The lowest BCUT2D eigenvalue weighted by Crippen LogP contribution is -2.53. The highest BCUT2D eigenvalue weighted by molar-refractivity contribution is 5.85. The second-order valence-electron chi connectivity index (χ2n) is 6.60. The smallest absolute Gasteiger partial charge is 0.223 e. The molecule has 104 valence electrons. The van der Waals surface area contributed by atoms with Gasteiger partial charge in [0.25, 0.3) is 0 Å². The molecule has 1 atom stereocenters. The molecule has 4 aliphatic carbocycles. The first-order valence-electron chi connectivity index (χ1n) is 7.17. The van der Waals surface area contributed by atoms with Crippen molar-refractivity contribution in [3.8, 4) is 0 Å². The van der Waals surface area contributed by atoms with Gasteiger partial charge in [-0.05, 0) is 62.7 Å². The first-order valence-corrected chi connectivity index (χ1v) is 7.17. The maximum Gasteiger partial charge on any atom is 0.223 e. The van der Waals surface area contributed by atoms with E-state index < -0.39 is 0 Å². The number of carbonyl (C=O) groups excluding carboxylic acids is 1. The average molecular weight is 273 g/mol. The van der Waals surface area contributed by atoms with Crippen LogP contribution in [0.2, 0.25) is 0 Å². The molecule has 4 saturated carbocycles. The summed E-state index contributed by atoms with van der Waals surface area (Å²) in [5.41, 5.74) is 5.58. The molecule has 0 unspecified atom stereocenters. The number of hydrogen-bond acceptors (Lipinski definition) is 2. The molecule has 4 fully saturated rings. The zero-order valence-electron chi connectivity index (χ0n) is 11.1. The standard InChI is InChI=1S/C14H24N2O.ClH/c1-8(7-15)16-14(17)13-11-3-9-2-10(5-11)6-12(13)4-9;/h8-13H,2-7,15H2,1H3,(H,16,17);1H/t8-,9?,10?,11?,12?,13?;/m0./s1. The molecule has 0 saturated heterocycles. The van der Waals surface area contributed by atoms with Crippen molar-refractivity contribution in [1.29, 1.82) is 0 Å². The van der Waals surface area contributed by atoms with Gasteiger partial charge in [0.15, 0.2) is 0 Å². The van der Waals surface area contributed by atoms with Crippen LogP contribution in [0.4, 0.5) is 0 Å². The van der Waals surface area contributed by atoms with Crippen LogP contribution in [0.5, 0.6) is 0 Å². The molecule has 4 aliphatic rings. The van der Waals surface area contributed by atoms with E-state index >= 15 is 0 Å². The van der Waals surface area contributed by atoms with E-state index in [2.05, 4.69) is 5.32 Å². The molecule has 4 bridgehead atoms. The van der Waals surface area contributed by atoms with Crippen LogP contribution >= 0.6 is 12.4 Å². The summed E-state index contributed by atoms with van der Waals surface area (Å²) in [6.45, 7) is 2.53. The van der Waals surface area contributed by atoms with E-state index in [1.165, 1.54) is 32.1 Å². The van der Waals surface area contributed by atoms with Crippen LogP contribution in [-0.2, 0) is 4.79 Å². The molecule has 0 radical (unpaired) electrons. The highest BCUT2D eigenvalue weighted by Gasteiger charge is 2.50. The highest BCUT2D eigenvalue weighted by Crippen LogP contribution is 2.56. The minimum atomic E-state index is 0. The number of hydrogen-bond donors (Lipinski definition) is 2. The van der Waals surface area contributed by atoms with E-state index in [1.807, 2.05) is 6.92 Å². The Bertz CT molecular complexity index is 293. The summed E-state index contributed by atoms with van der Waals surface area (Å²) < 4.78 is 0. The Kier molecular flexibility index (Phi) is 4.22. The number of halogens is 1. The van der Waals surface area contributed by atoms with Crippen molar-refractivity contribution in [2.75, 3.05) is 6.54 Å². The van der Waals surface area contributed by atoms with E-state index in [-0.39, 0.29) is 24.4 Å². The average Bonchev–Trinajstić information content (AvgIpc) is 2.27. The van der Waals surface area contributed by atoms with E-state index in [0.29, 0.717) is 24.3 Å². The summed E-state index contributed by atoms with van der Waals surface area (Å²) in [4.78, 5) is 12.3. The largest absolute Gasteiger partial charge is 0.352 e. The summed E-state index contributed by atoms with van der Waals surface area (Å²) >= 11 is 0. The van der Waals surface area contributed by atoms with Gasteiger partial charge in [-0.15, -0.1) is 12.4 Å². The molecule has 0 spiro atoms. The molecule has 0 aromatic heterocycles. The lowest BCUT2D eigenvalue weighted by atomic mass is 9.51. The molecule has 0 aromatic carbocycles. The van der Waals surface area contributed by atoms with Crippen molar-refractivity contribution in [3.63, 3.8) is 0 Å². The Morgan fingerprint density at radius 1 is 1.17 bits per heavy atom. The van der Waals surface area contributed by atoms with Gasteiger partial charge in [0.05, 0.1) is 0 Å². The topological polar surface area (TPSA) is 55.1 Å². The summed E-state index contributed by atoms with van der Waals surface area (Å²) in [6.07, 6.45) is 6.68. The molecule has 4 rings (SSSR count). The lowest BCUT2D eigenvalue weighted by Gasteiger charge is -2.53. The third-order valence-corrected chi connectivity index (χ3v) is 5.27. The third kappa shape index (κ3) is 2.39. The highest BCUT2D eigenvalue weighted by atomic mass is 35.5. The molecule has 3 N–H and O–H groups in total. The normalized spacial score (nSPS) is 42.2. The monoisotopic (exact) mass is 272 g/mol. The molecule has 18 heavy (non-hydrogen) atoms. The maximum atomic E-state index is 12.3. The van der Waals surface area contributed by atoms with Crippen LogP contribution in [0.25, 0.3) is 0 Å². The second kappa shape index (κ2) is 5.38. The van der Waals surface area contributed by atoms with Gasteiger partial charge in [-0.3, -0.25) is 4.79 Å². The van der Waals surface area contributed by atoms with Gasteiger partial charge in [-0.2, -0.15) is 0 Å². The molecule has 0 heterocycles. The fraction of sp³-hybridized carbons (Fsp3) is 0.929. The van der Waals surface area contributed by atoms with Crippen LogP contribution < -0.4 is 11.1 Å². The van der Waals surface area contributed by atoms with Crippen LogP contribution in [-0.4, -0.2) is 18.5 Å². The van der Waals surface area contributed by atoms with Gasteiger partial charge >= 0.3 is 0 Å². The quantitative estimate of drug-likeness (QED) is 0.825. The van der Waals surface area contributed by atoms with Crippen molar-refractivity contribution in [2.45, 2.75) is 45.1 Å². The van der Waals surface area contributed by atoms with Gasteiger partial charge in [-0.1, -0.05) is 0 Å². The SMILES string of the molecule is C[C@@H](CN)NC(=O)C1C2CC3CC(C2)CC1C3.Cl. The van der Waals surface area contributed by atoms with Gasteiger partial charge < -0.3 is 11.1 Å². The Labute approximate surface area is 116 Å². The van der Waals surface area contributed by atoms with E-state index in [4.69, 9.17) is 5.73 Å². The minimum absolute atomic E-state index is 0. The summed E-state index contributed by atoms with van der Waals surface area (Å²) in [5.74, 6) is 3.82. The van der Waals surface area contributed by atoms with Gasteiger partial charge in [-0.25, -0.2) is 0 Å². The maximum absolute atomic E-state index is 12.3. The first-order chi connectivity index (χ1) is 8.17. The first kappa shape index (κ1) is 14.1. The fourth-order valence-corrected chi connectivity index (χ4v) is 4.75. The van der Waals surface area contributed by atoms with Crippen molar-refractivity contribution < 1.29 is 4.79 Å². The predicted molar refractivity (Wildman–Crippen MR) is 74.4 cm³/mol. The third-order valence-electron chi connectivity index (χ3n) is 5.27. The Hall–Kier alpha value is -0.280. The van der Waals surface area contributed by atoms with Gasteiger partial charge in [0.1, 0.15) is 0 Å². The number of carbonyl (C=O) groups is 1. The Morgan fingerprint density at radius 2 is 1.67 bits per heavy atom. The van der Waals surface area contributed by atoms with Crippen LogP contribution in [0.1, 0.15) is 39.0 Å². The molecule has 0 aromatic rings. The van der Waals surface area contributed by atoms with Gasteiger partial charge in [0, 0.05) is 18.5 Å². The van der Waals surface area contributed by atoms with Crippen molar-refractivity contribution in [2.24, 2.45) is 35.3 Å². The second-order valence-corrected chi connectivity index (χ2v) is 6.60. The fourth-order valence-electron chi connectivity index (χ4n) is 4.75. The van der Waals surface area contributed by atoms with E-state index in [1.54, 1.807) is 0 Å². The molecule has 4 heteroatoms. The van der Waals surface area contributed by atoms with Crippen LogP contribution in [0, 0.1) is 29.6 Å². The molecular weight excluding hydrogens is 248 g/mol. The number of nitrogens with two attached hydrogens (primary N) is 1. The number of rotatable bonds is 3. The number of amides is 1. The number of nitrogens with one attached hydrogen (secondary N) is 1. The minimum Gasteiger partial charge on any atom is -0.352 e. The summed E-state index contributed by atoms with van der Waals surface area (Å²) in [6, 6.07) is 0.125. The Balaban J connectivity index is 0.00000120. The molecule has 0 aliphatic heterocycles. The lowest BCUT2D eigenvalue weighted by molar-refractivity contribution is -0.138. The summed E-state index contributed by atoms with van der Waals surface area (Å²) in [7, 11) is 0. The zero-order chi connectivity index (χ0) is 12.0. The Morgan fingerprint density at radius 3 is 2.11 bits per heavy atom. The zero-order valence-corrected chi connectivity index (χ0v) is 11.9. The van der Waals surface area contributed by atoms with Crippen LogP contribution in [0.15, 0.2) is 0 Å². The summed E-state index contributed by atoms with van der Waals surface area (Å²) in [5, 5.41) is 3.09. The molecule has 3 nitrogen and oxygen atoms in total. The predicted octanol–water partition coefficient (Wildman–Crippen LogP) is 1.94. The van der Waals surface area contributed by atoms with Crippen molar-refractivity contribution >= 4 is 18.3 Å². The van der Waals surface area contributed by atoms with E-state index in [0.717, 1.165) is 11.8 Å². The van der Waals surface area contributed by atoms with E-state index in [9.17, 15) is 4.79 Å². The van der Waals surface area contributed by atoms with Crippen LogP contribution in [0.3, 0.4) is 0 Å². The van der Waals surface area contributed by atoms with Crippen molar-refractivity contribution in [1.82, 2.24) is 5.32 Å². The van der Waals surface area contributed by atoms with Gasteiger partial charge in [0.2, 0.25) is 5.91 Å². The van der Waals surface area contributed by atoms with Crippen molar-refractivity contribution in [3.05, 3.63) is 0 Å². The molecule has 1 amide bonds. The molecular formula is C14H25ClN2O.